The number of anilines is 2. The number of aromatic nitrogens is 1. The second-order valence-corrected chi connectivity index (χ2v) is 6.68. The summed E-state index contributed by atoms with van der Waals surface area (Å²) in [7, 11) is 0. The number of nitrogens with one attached hydrogen (secondary N) is 2. The summed E-state index contributed by atoms with van der Waals surface area (Å²) in [5.41, 5.74) is 1.76. The first-order valence-corrected chi connectivity index (χ1v) is 7.25. The van der Waals surface area contributed by atoms with E-state index in [9.17, 15) is 4.79 Å². The van der Waals surface area contributed by atoms with Crippen LogP contribution in [0.5, 0.6) is 0 Å². The third-order valence-electron chi connectivity index (χ3n) is 2.15. The fourth-order valence-corrected chi connectivity index (χ4v) is 2.94. The van der Waals surface area contributed by atoms with Gasteiger partial charge in [0, 0.05) is 18.3 Å². The lowest BCUT2D eigenvalue weighted by molar-refractivity contribution is -0.114. The van der Waals surface area contributed by atoms with Gasteiger partial charge in [-0.3, -0.25) is 4.79 Å². The zero-order valence-corrected chi connectivity index (χ0v) is 12.7. The molecule has 0 aliphatic carbocycles. The molecular formula is C12H12IN3OS. The van der Waals surface area contributed by atoms with E-state index in [-0.39, 0.29) is 5.91 Å². The van der Waals surface area contributed by atoms with E-state index in [2.05, 4.69) is 38.2 Å². The van der Waals surface area contributed by atoms with Gasteiger partial charge in [-0.15, -0.1) is 11.3 Å². The number of halogens is 1. The van der Waals surface area contributed by atoms with Crippen LogP contribution < -0.4 is 10.6 Å². The molecule has 0 spiro atoms. The highest BCUT2D eigenvalue weighted by Crippen LogP contribution is 2.18. The van der Waals surface area contributed by atoms with Crippen molar-refractivity contribution in [3.05, 3.63) is 38.4 Å². The van der Waals surface area contributed by atoms with E-state index in [0.717, 1.165) is 16.4 Å². The molecule has 0 atom stereocenters. The van der Waals surface area contributed by atoms with Crippen molar-refractivity contribution in [2.45, 2.75) is 13.5 Å². The van der Waals surface area contributed by atoms with E-state index in [1.807, 2.05) is 30.5 Å². The van der Waals surface area contributed by atoms with Crippen LogP contribution in [0, 0.1) is 2.88 Å². The molecule has 0 bridgehead atoms. The van der Waals surface area contributed by atoms with Crippen molar-refractivity contribution in [3.63, 3.8) is 0 Å². The fraction of sp³-hybridized carbons (Fsp3) is 0.167. The molecule has 0 saturated heterocycles. The molecule has 6 heteroatoms. The number of hydrogen-bond donors (Lipinski definition) is 2. The molecule has 2 aromatic rings. The zero-order valence-electron chi connectivity index (χ0n) is 9.74. The molecule has 2 rings (SSSR count). The average Bonchev–Trinajstić information content (AvgIpc) is 2.72. The summed E-state index contributed by atoms with van der Waals surface area (Å²) in [5.74, 6) is -0.0679. The predicted molar refractivity (Wildman–Crippen MR) is 82.9 cm³/mol. The van der Waals surface area contributed by atoms with Gasteiger partial charge >= 0.3 is 0 Å². The highest BCUT2D eigenvalue weighted by atomic mass is 127. The Morgan fingerprint density at radius 2 is 2.22 bits per heavy atom. The molecule has 94 valence electrons. The molecular weight excluding hydrogens is 361 g/mol. The van der Waals surface area contributed by atoms with Crippen LogP contribution in [0.4, 0.5) is 11.4 Å². The largest absolute Gasteiger partial charge is 0.378 e. The van der Waals surface area contributed by atoms with Gasteiger partial charge in [0.15, 0.2) is 0 Å². The van der Waals surface area contributed by atoms with E-state index in [1.54, 1.807) is 11.3 Å². The Labute approximate surface area is 123 Å². The third kappa shape index (κ3) is 3.95. The lowest BCUT2D eigenvalue weighted by atomic mass is 10.2. The maximum atomic E-state index is 11.0. The topological polar surface area (TPSA) is 54.0 Å². The van der Waals surface area contributed by atoms with Crippen molar-refractivity contribution in [1.82, 2.24) is 4.98 Å². The first-order valence-electron chi connectivity index (χ1n) is 5.35. The number of nitrogens with zero attached hydrogens (tertiary/aromatic N) is 1. The van der Waals surface area contributed by atoms with E-state index in [4.69, 9.17) is 0 Å². The summed E-state index contributed by atoms with van der Waals surface area (Å²) in [6.07, 6.45) is 1.86. The van der Waals surface area contributed by atoms with Crippen LogP contribution in [0.15, 0.2) is 30.5 Å². The van der Waals surface area contributed by atoms with Crippen molar-refractivity contribution in [3.8, 4) is 0 Å². The Kier molecular flexibility index (Phi) is 4.54. The van der Waals surface area contributed by atoms with Crippen molar-refractivity contribution < 1.29 is 4.79 Å². The van der Waals surface area contributed by atoms with E-state index < -0.39 is 0 Å². The van der Waals surface area contributed by atoms with Crippen molar-refractivity contribution >= 4 is 51.2 Å². The predicted octanol–water partition coefficient (Wildman–Crippen LogP) is 3.32. The van der Waals surface area contributed by atoms with Gasteiger partial charge in [-0.1, -0.05) is 6.07 Å². The molecule has 4 nitrogen and oxygen atoms in total. The molecule has 0 aliphatic rings. The molecule has 0 fully saturated rings. The first-order chi connectivity index (χ1) is 8.63. The summed E-state index contributed by atoms with van der Waals surface area (Å²) in [6, 6.07) is 7.63. The molecule has 1 amide bonds. The highest BCUT2D eigenvalue weighted by molar-refractivity contribution is 14.1. The minimum absolute atomic E-state index is 0.0679. The van der Waals surface area contributed by atoms with Crippen LogP contribution in [-0.4, -0.2) is 10.9 Å². The standard InChI is InChI=1S/C12H12IN3OS/c1-8(17)16-10-4-2-3-9(5-10)14-7-12-15-6-11(13)18-12/h2-6,14H,7H2,1H3,(H,16,17). The number of hydrogen-bond acceptors (Lipinski definition) is 4. The lowest BCUT2D eigenvalue weighted by Gasteiger charge is -2.07. The molecule has 0 radical (unpaired) electrons. The van der Waals surface area contributed by atoms with Gasteiger partial charge in [0.05, 0.1) is 15.6 Å². The minimum atomic E-state index is -0.0679. The smallest absolute Gasteiger partial charge is 0.221 e. The molecule has 1 aromatic heterocycles. The lowest BCUT2D eigenvalue weighted by Crippen LogP contribution is -2.06. The summed E-state index contributed by atoms with van der Waals surface area (Å²) < 4.78 is 1.18. The number of rotatable bonds is 4. The van der Waals surface area contributed by atoms with Crippen LogP contribution in [0.25, 0.3) is 0 Å². The van der Waals surface area contributed by atoms with Crippen LogP contribution in [0.3, 0.4) is 0 Å². The SMILES string of the molecule is CC(=O)Nc1cccc(NCc2ncc(I)s2)c1. The number of benzene rings is 1. The maximum Gasteiger partial charge on any atom is 0.221 e. The monoisotopic (exact) mass is 373 g/mol. The molecule has 0 aliphatic heterocycles. The number of thiazole rings is 1. The quantitative estimate of drug-likeness (QED) is 0.809. The number of amides is 1. The average molecular weight is 373 g/mol. The minimum Gasteiger partial charge on any atom is -0.378 e. The van der Waals surface area contributed by atoms with Crippen molar-refractivity contribution in [1.29, 1.82) is 0 Å². The van der Waals surface area contributed by atoms with Gasteiger partial charge in [0.1, 0.15) is 5.01 Å². The van der Waals surface area contributed by atoms with Gasteiger partial charge in [0.25, 0.3) is 0 Å². The highest BCUT2D eigenvalue weighted by Gasteiger charge is 2.01. The Bertz CT molecular complexity index is 556. The Morgan fingerprint density at radius 3 is 2.89 bits per heavy atom. The van der Waals surface area contributed by atoms with Crippen molar-refractivity contribution in [2.75, 3.05) is 10.6 Å². The summed E-state index contributed by atoms with van der Waals surface area (Å²) in [6.45, 7) is 2.19. The van der Waals surface area contributed by atoms with Gasteiger partial charge in [-0.05, 0) is 40.8 Å². The van der Waals surface area contributed by atoms with Gasteiger partial charge in [-0.25, -0.2) is 4.98 Å². The second kappa shape index (κ2) is 6.14. The summed E-state index contributed by atoms with van der Waals surface area (Å²) in [4.78, 5) is 15.2. The van der Waals surface area contributed by atoms with E-state index in [1.165, 1.54) is 9.81 Å². The van der Waals surface area contributed by atoms with Crippen LogP contribution in [0.1, 0.15) is 11.9 Å². The van der Waals surface area contributed by atoms with E-state index >= 15 is 0 Å². The fourth-order valence-electron chi connectivity index (χ4n) is 1.46. The number of carbonyl (C=O) groups excluding carboxylic acids is 1. The van der Waals surface area contributed by atoms with Crippen molar-refractivity contribution in [2.24, 2.45) is 0 Å². The third-order valence-corrected chi connectivity index (χ3v) is 3.88. The van der Waals surface area contributed by atoms with Crippen LogP contribution >= 0.6 is 33.9 Å². The molecule has 18 heavy (non-hydrogen) atoms. The normalized spacial score (nSPS) is 10.1. The Morgan fingerprint density at radius 1 is 1.44 bits per heavy atom. The Balaban J connectivity index is 1.98. The second-order valence-electron chi connectivity index (χ2n) is 3.67. The van der Waals surface area contributed by atoms with Gasteiger partial charge in [0.2, 0.25) is 5.91 Å². The molecule has 1 heterocycles. The van der Waals surface area contributed by atoms with E-state index in [0.29, 0.717) is 6.54 Å². The molecule has 0 unspecified atom stereocenters. The first kappa shape index (κ1) is 13.3. The van der Waals surface area contributed by atoms with Gasteiger partial charge < -0.3 is 10.6 Å². The summed E-state index contributed by atoms with van der Waals surface area (Å²) >= 11 is 3.92. The van der Waals surface area contributed by atoms with Crippen LogP contribution in [0.2, 0.25) is 0 Å². The van der Waals surface area contributed by atoms with Crippen LogP contribution in [-0.2, 0) is 11.3 Å². The number of carbonyl (C=O) groups is 1. The zero-order chi connectivity index (χ0) is 13.0. The molecule has 0 saturated carbocycles. The maximum absolute atomic E-state index is 11.0. The summed E-state index contributed by atoms with van der Waals surface area (Å²) in [5, 5.41) is 7.08. The molecule has 2 N–H and O–H groups in total. The Hall–Kier alpha value is -1.15. The molecule has 1 aromatic carbocycles. The van der Waals surface area contributed by atoms with Gasteiger partial charge in [-0.2, -0.15) is 0 Å².